The second-order valence-corrected chi connectivity index (χ2v) is 6.43. The van der Waals surface area contributed by atoms with Crippen LogP contribution in [0.3, 0.4) is 0 Å². The zero-order valence-electron chi connectivity index (χ0n) is 16.1. The van der Waals surface area contributed by atoms with Gasteiger partial charge >= 0.3 is 0 Å². The van der Waals surface area contributed by atoms with Crippen molar-refractivity contribution in [3.63, 3.8) is 0 Å². The number of oxazole rings is 1. The molecule has 0 N–H and O–H groups in total. The molecule has 4 heteroatoms. The number of hydrogen-bond acceptors (Lipinski definition) is 4. The lowest BCUT2D eigenvalue weighted by atomic mass is 10.1. The van der Waals surface area contributed by atoms with Crippen LogP contribution < -0.4 is 4.74 Å². The number of aromatic nitrogens is 1. The maximum absolute atomic E-state index is 5.87. The number of hydrogen-bond donors (Lipinski definition) is 0. The molecule has 2 aromatic carbocycles. The summed E-state index contributed by atoms with van der Waals surface area (Å²) in [6.07, 6.45) is 2.79. The summed E-state index contributed by atoms with van der Waals surface area (Å²) in [6, 6.07) is 18.3. The van der Waals surface area contributed by atoms with E-state index >= 15 is 0 Å². The van der Waals surface area contributed by atoms with Crippen LogP contribution in [-0.4, -0.2) is 24.8 Å². The predicted molar refractivity (Wildman–Crippen MR) is 107 cm³/mol. The van der Waals surface area contributed by atoms with Crippen molar-refractivity contribution >= 4 is 0 Å². The Kier molecular flexibility index (Phi) is 7.05. The first-order chi connectivity index (χ1) is 13.3. The molecule has 0 unspecified atom stereocenters. The fourth-order valence-corrected chi connectivity index (χ4v) is 2.90. The summed E-state index contributed by atoms with van der Waals surface area (Å²) < 4.78 is 17.0. The molecule has 142 valence electrons. The molecule has 0 aliphatic heterocycles. The van der Waals surface area contributed by atoms with E-state index in [0.717, 1.165) is 55.2 Å². The lowest BCUT2D eigenvalue weighted by molar-refractivity contribution is 0.145. The van der Waals surface area contributed by atoms with Gasteiger partial charge in [-0.1, -0.05) is 30.3 Å². The van der Waals surface area contributed by atoms with Crippen molar-refractivity contribution in [3.05, 3.63) is 71.6 Å². The second-order valence-electron chi connectivity index (χ2n) is 6.43. The highest BCUT2D eigenvalue weighted by Gasteiger charge is 2.11. The van der Waals surface area contributed by atoms with Gasteiger partial charge in [0.25, 0.3) is 0 Å². The van der Waals surface area contributed by atoms with Crippen LogP contribution in [0.5, 0.6) is 5.75 Å². The van der Waals surface area contributed by atoms with Gasteiger partial charge in [0, 0.05) is 25.2 Å². The summed E-state index contributed by atoms with van der Waals surface area (Å²) >= 11 is 0. The molecule has 0 aliphatic carbocycles. The fourth-order valence-electron chi connectivity index (χ4n) is 2.90. The van der Waals surface area contributed by atoms with Crippen LogP contribution in [0.4, 0.5) is 0 Å². The lowest BCUT2D eigenvalue weighted by Crippen LogP contribution is -2.03. The van der Waals surface area contributed by atoms with Crippen molar-refractivity contribution in [2.24, 2.45) is 0 Å². The maximum atomic E-state index is 5.87. The quantitative estimate of drug-likeness (QED) is 0.461. The third kappa shape index (κ3) is 5.69. The summed E-state index contributed by atoms with van der Waals surface area (Å²) in [6.45, 7) is 6.15. The zero-order chi connectivity index (χ0) is 18.9. The topological polar surface area (TPSA) is 44.5 Å². The summed E-state index contributed by atoms with van der Waals surface area (Å²) in [5, 5.41) is 0. The van der Waals surface area contributed by atoms with Gasteiger partial charge in [0.1, 0.15) is 11.5 Å². The fraction of sp³-hybridized carbons (Fsp3) is 0.348. The average Bonchev–Trinajstić information content (AvgIpc) is 3.08. The van der Waals surface area contributed by atoms with E-state index in [1.807, 2.05) is 56.3 Å². The zero-order valence-corrected chi connectivity index (χ0v) is 16.1. The number of nitrogens with zero attached hydrogens (tertiary/aromatic N) is 1. The summed E-state index contributed by atoms with van der Waals surface area (Å²) in [5.74, 6) is 2.40. The minimum absolute atomic E-state index is 0.575. The van der Waals surface area contributed by atoms with Crippen molar-refractivity contribution in [2.75, 3.05) is 19.8 Å². The third-order valence-electron chi connectivity index (χ3n) is 4.40. The van der Waals surface area contributed by atoms with Crippen molar-refractivity contribution < 1.29 is 13.9 Å². The minimum Gasteiger partial charge on any atom is -0.493 e. The van der Waals surface area contributed by atoms with Gasteiger partial charge in [-0.15, -0.1) is 0 Å². The molecule has 0 amide bonds. The maximum Gasteiger partial charge on any atom is 0.226 e. The molecule has 0 spiro atoms. The van der Waals surface area contributed by atoms with Crippen molar-refractivity contribution in [1.29, 1.82) is 0 Å². The largest absolute Gasteiger partial charge is 0.493 e. The molecule has 0 saturated heterocycles. The van der Waals surface area contributed by atoms with E-state index in [-0.39, 0.29) is 0 Å². The molecular formula is C23H27NO3. The SMILES string of the molecule is CCOCCCc1ccc(OCCc2nc(-c3ccccc3)oc2C)cc1. The van der Waals surface area contributed by atoms with Crippen LogP contribution in [-0.2, 0) is 17.6 Å². The lowest BCUT2D eigenvalue weighted by Gasteiger charge is -2.07. The minimum atomic E-state index is 0.575. The van der Waals surface area contributed by atoms with E-state index in [0.29, 0.717) is 12.5 Å². The number of benzene rings is 2. The normalized spacial score (nSPS) is 10.9. The molecule has 1 aromatic heterocycles. The highest BCUT2D eigenvalue weighted by molar-refractivity contribution is 5.53. The molecule has 3 aromatic rings. The molecule has 0 bridgehead atoms. The van der Waals surface area contributed by atoms with Gasteiger partial charge in [0.05, 0.1) is 12.3 Å². The average molecular weight is 365 g/mol. The Hall–Kier alpha value is -2.59. The highest BCUT2D eigenvalue weighted by atomic mass is 16.5. The van der Waals surface area contributed by atoms with Crippen LogP contribution >= 0.6 is 0 Å². The Balaban J connectivity index is 1.48. The molecule has 0 fully saturated rings. The monoisotopic (exact) mass is 365 g/mol. The van der Waals surface area contributed by atoms with E-state index in [4.69, 9.17) is 13.9 Å². The molecule has 0 radical (unpaired) electrons. The van der Waals surface area contributed by atoms with Gasteiger partial charge < -0.3 is 13.9 Å². The van der Waals surface area contributed by atoms with Gasteiger partial charge in [-0.25, -0.2) is 4.98 Å². The summed E-state index contributed by atoms with van der Waals surface area (Å²) in [7, 11) is 0. The molecule has 0 aliphatic rings. The molecule has 0 atom stereocenters. The Morgan fingerprint density at radius 3 is 2.44 bits per heavy atom. The van der Waals surface area contributed by atoms with Crippen molar-refractivity contribution in [1.82, 2.24) is 4.98 Å². The smallest absolute Gasteiger partial charge is 0.226 e. The van der Waals surface area contributed by atoms with Gasteiger partial charge in [-0.3, -0.25) is 0 Å². The van der Waals surface area contributed by atoms with E-state index < -0.39 is 0 Å². The standard InChI is InChI=1S/C23H27NO3/c1-3-25-16-7-8-19-11-13-21(14-12-19)26-17-15-22-18(2)27-23(24-22)20-9-5-4-6-10-20/h4-6,9-14H,3,7-8,15-17H2,1-2H3. The molecule has 1 heterocycles. The Labute approximate surface area is 161 Å². The summed E-state index contributed by atoms with van der Waals surface area (Å²) in [4.78, 5) is 4.62. The molecule has 3 rings (SSSR count). The summed E-state index contributed by atoms with van der Waals surface area (Å²) in [5.41, 5.74) is 3.25. The van der Waals surface area contributed by atoms with E-state index in [1.54, 1.807) is 0 Å². The van der Waals surface area contributed by atoms with Crippen LogP contribution in [0.2, 0.25) is 0 Å². The van der Waals surface area contributed by atoms with E-state index in [2.05, 4.69) is 17.1 Å². The first-order valence-electron chi connectivity index (χ1n) is 9.57. The second kappa shape index (κ2) is 9.93. The van der Waals surface area contributed by atoms with Crippen molar-refractivity contribution in [2.45, 2.75) is 33.1 Å². The van der Waals surface area contributed by atoms with Crippen LogP contribution in [0.15, 0.2) is 59.0 Å². The molecule has 4 nitrogen and oxygen atoms in total. The Morgan fingerprint density at radius 1 is 0.926 bits per heavy atom. The highest BCUT2D eigenvalue weighted by Crippen LogP contribution is 2.22. The van der Waals surface area contributed by atoms with Gasteiger partial charge in [-0.05, 0) is 56.5 Å². The number of ether oxygens (including phenoxy) is 2. The van der Waals surface area contributed by atoms with Crippen LogP contribution in [0.1, 0.15) is 30.4 Å². The van der Waals surface area contributed by atoms with Gasteiger partial charge in [0.2, 0.25) is 5.89 Å². The first kappa shape index (κ1) is 19.2. The number of rotatable bonds is 10. The Bertz CT molecular complexity index is 809. The van der Waals surface area contributed by atoms with Crippen LogP contribution in [0, 0.1) is 6.92 Å². The first-order valence-corrected chi connectivity index (χ1v) is 9.57. The van der Waals surface area contributed by atoms with Crippen LogP contribution in [0.25, 0.3) is 11.5 Å². The number of aryl methyl sites for hydroxylation is 2. The van der Waals surface area contributed by atoms with Gasteiger partial charge in [0.15, 0.2) is 0 Å². The third-order valence-corrected chi connectivity index (χ3v) is 4.40. The molecule has 27 heavy (non-hydrogen) atoms. The van der Waals surface area contributed by atoms with Crippen molar-refractivity contribution in [3.8, 4) is 17.2 Å². The van der Waals surface area contributed by atoms with E-state index in [1.165, 1.54) is 5.56 Å². The predicted octanol–water partition coefficient (Wildman–Crippen LogP) is 5.24. The Morgan fingerprint density at radius 2 is 1.70 bits per heavy atom. The van der Waals surface area contributed by atoms with Gasteiger partial charge in [-0.2, -0.15) is 0 Å². The van der Waals surface area contributed by atoms with E-state index in [9.17, 15) is 0 Å². The molecule has 0 saturated carbocycles. The molecular weight excluding hydrogens is 338 g/mol.